The zero-order valence-electron chi connectivity index (χ0n) is 12.8. The van der Waals surface area contributed by atoms with Gasteiger partial charge in [-0.3, -0.25) is 0 Å². The van der Waals surface area contributed by atoms with E-state index in [9.17, 15) is 5.26 Å². The molecule has 0 aromatic heterocycles. The van der Waals surface area contributed by atoms with Crippen LogP contribution in [0.1, 0.15) is 28.5 Å². The molecule has 1 unspecified atom stereocenters. The largest absolute Gasteiger partial charge is 0.197 e. The molecule has 110 valence electrons. The molecule has 0 radical (unpaired) electrons. The highest BCUT2D eigenvalue weighted by Crippen LogP contribution is 2.70. The molecule has 23 heavy (non-hydrogen) atoms. The van der Waals surface area contributed by atoms with Crippen LogP contribution in [0.3, 0.4) is 0 Å². The van der Waals surface area contributed by atoms with Crippen molar-refractivity contribution in [2.24, 2.45) is 0 Å². The highest BCUT2D eigenvalue weighted by molar-refractivity contribution is 5.58. The number of nitrogens with zero attached hydrogens (tertiary/aromatic N) is 1. The zero-order chi connectivity index (χ0) is 15.7. The Morgan fingerprint density at radius 2 is 1.00 bits per heavy atom. The van der Waals surface area contributed by atoms with Crippen molar-refractivity contribution in [1.29, 1.82) is 5.26 Å². The van der Waals surface area contributed by atoms with E-state index in [2.05, 4.69) is 66.7 Å². The third kappa shape index (κ3) is 2.07. The van der Waals surface area contributed by atoms with Gasteiger partial charge in [0.2, 0.25) is 0 Å². The number of benzene rings is 3. The molecule has 3 aromatic carbocycles. The van der Waals surface area contributed by atoms with Gasteiger partial charge in [-0.15, -0.1) is 0 Å². The Morgan fingerprint density at radius 1 is 0.609 bits per heavy atom. The second kappa shape index (κ2) is 5.41. The molecule has 0 bridgehead atoms. The molecular formula is C22H17N. The summed E-state index contributed by atoms with van der Waals surface area (Å²) < 4.78 is 0. The van der Waals surface area contributed by atoms with Crippen molar-refractivity contribution in [3.05, 3.63) is 108 Å². The van der Waals surface area contributed by atoms with Gasteiger partial charge in [0.1, 0.15) is 0 Å². The van der Waals surface area contributed by atoms with Crippen molar-refractivity contribution in [3.8, 4) is 6.07 Å². The molecule has 3 aromatic rings. The second-order valence-electron chi connectivity index (χ2n) is 6.12. The van der Waals surface area contributed by atoms with Crippen molar-refractivity contribution >= 4 is 0 Å². The number of hydrogen-bond donors (Lipinski definition) is 0. The van der Waals surface area contributed by atoms with Crippen molar-refractivity contribution in [2.75, 3.05) is 0 Å². The van der Waals surface area contributed by atoms with E-state index in [-0.39, 0.29) is 11.8 Å². The van der Waals surface area contributed by atoms with E-state index in [1.807, 2.05) is 30.3 Å². The van der Waals surface area contributed by atoms with Gasteiger partial charge in [-0.05, 0) is 16.7 Å². The highest BCUT2D eigenvalue weighted by Gasteiger charge is 2.67. The Kier molecular flexibility index (Phi) is 3.24. The summed E-state index contributed by atoms with van der Waals surface area (Å²) >= 11 is 0. The summed E-state index contributed by atoms with van der Waals surface area (Å²) in [6, 6.07) is 33.7. The van der Waals surface area contributed by atoms with Gasteiger partial charge in [-0.25, -0.2) is 0 Å². The van der Waals surface area contributed by atoms with E-state index < -0.39 is 5.41 Å². The quantitative estimate of drug-likeness (QED) is 0.665. The van der Waals surface area contributed by atoms with Gasteiger partial charge in [0.05, 0.1) is 11.5 Å². The Labute approximate surface area is 136 Å². The molecule has 0 heterocycles. The second-order valence-corrected chi connectivity index (χ2v) is 6.12. The summed E-state index contributed by atoms with van der Waals surface area (Å²) in [6.07, 6.45) is 0. The van der Waals surface area contributed by atoms with Crippen LogP contribution < -0.4 is 0 Å². The van der Waals surface area contributed by atoms with Crippen LogP contribution in [0.4, 0.5) is 0 Å². The topological polar surface area (TPSA) is 23.8 Å². The molecule has 0 N–H and O–H groups in total. The van der Waals surface area contributed by atoms with E-state index in [1.165, 1.54) is 11.1 Å². The summed E-state index contributed by atoms with van der Waals surface area (Å²) in [6.45, 7) is 0. The molecule has 1 saturated carbocycles. The van der Waals surface area contributed by atoms with E-state index in [0.29, 0.717) is 0 Å². The lowest BCUT2D eigenvalue weighted by atomic mass is 9.90. The van der Waals surface area contributed by atoms with Crippen molar-refractivity contribution in [3.63, 3.8) is 0 Å². The van der Waals surface area contributed by atoms with Crippen LogP contribution in [-0.2, 0) is 5.41 Å². The SMILES string of the molecule is N#CC1(c2ccccc2)[C@H](c2ccccc2)[C@@H]1c1ccccc1. The molecule has 3 atom stereocenters. The molecule has 1 aliphatic rings. The Bertz CT molecular complexity index is 786. The van der Waals surface area contributed by atoms with Crippen LogP contribution in [0.15, 0.2) is 91.0 Å². The first-order valence-electron chi connectivity index (χ1n) is 7.94. The first-order valence-corrected chi connectivity index (χ1v) is 7.94. The minimum Gasteiger partial charge on any atom is -0.197 e. The molecule has 4 rings (SSSR count). The number of nitriles is 1. The van der Waals surface area contributed by atoms with Crippen molar-refractivity contribution in [2.45, 2.75) is 17.3 Å². The zero-order valence-corrected chi connectivity index (χ0v) is 12.8. The summed E-state index contributed by atoms with van der Waals surface area (Å²) in [7, 11) is 0. The normalized spacial score (nSPS) is 25.5. The Morgan fingerprint density at radius 3 is 1.39 bits per heavy atom. The maximum absolute atomic E-state index is 10.1. The summed E-state index contributed by atoms with van der Waals surface area (Å²) in [5.74, 6) is 0.414. The molecule has 0 aliphatic heterocycles. The van der Waals surface area contributed by atoms with Crippen LogP contribution in [0.5, 0.6) is 0 Å². The molecule has 1 fully saturated rings. The number of hydrogen-bond acceptors (Lipinski definition) is 1. The van der Waals surface area contributed by atoms with E-state index in [0.717, 1.165) is 5.56 Å². The van der Waals surface area contributed by atoms with Gasteiger partial charge in [0, 0.05) is 11.8 Å². The maximum atomic E-state index is 10.1. The van der Waals surface area contributed by atoms with Crippen molar-refractivity contribution in [1.82, 2.24) is 0 Å². The van der Waals surface area contributed by atoms with Crippen LogP contribution in [0.25, 0.3) is 0 Å². The first kappa shape index (κ1) is 13.8. The van der Waals surface area contributed by atoms with Crippen LogP contribution in [-0.4, -0.2) is 0 Å². The van der Waals surface area contributed by atoms with Gasteiger partial charge < -0.3 is 0 Å². The Balaban J connectivity index is 1.87. The lowest BCUT2D eigenvalue weighted by Crippen LogP contribution is -2.08. The van der Waals surface area contributed by atoms with Gasteiger partial charge in [-0.1, -0.05) is 91.0 Å². The number of rotatable bonds is 3. The van der Waals surface area contributed by atoms with Crippen LogP contribution in [0.2, 0.25) is 0 Å². The maximum Gasteiger partial charge on any atom is 0.0971 e. The lowest BCUT2D eigenvalue weighted by Gasteiger charge is -2.10. The van der Waals surface area contributed by atoms with Crippen LogP contribution >= 0.6 is 0 Å². The first-order chi connectivity index (χ1) is 11.4. The average Bonchev–Trinajstić information content (AvgIpc) is 3.34. The predicted molar refractivity (Wildman–Crippen MR) is 92.1 cm³/mol. The molecule has 0 spiro atoms. The molecule has 1 nitrogen and oxygen atoms in total. The van der Waals surface area contributed by atoms with Crippen molar-refractivity contribution < 1.29 is 0 Å². The predicted octanol–water partition coefficient (Wildman–Crippen LogP) is 5.03. The van der Waals surface area contributed by atoms with E-state index >= 15 is 0 Å². The smallest absolute Gasteiger partial charge is 0.0971 e. The van der Waals surface area contributed by atoms with Gasteiger partial charge in [-0.2, -0.15) is 5.26 Å². The molecule has 0 saturated heterocycles. The molecule has 1 aliphatic carbocycles. The van der Waals surface area contributed by atoms with Gasteiger partial charge in [0.15, 0.2) is 0 Å². The lowest BCUT2D eigenvalue weighted by molar-refractivity contribution is 0.835. The molecule has 1 heteroatoms. The van der Waals surface area contributed by atoms with Crippen LogP contribution in [0, 0.1) is 11.3 Å². The fourth-order valence-electron chi connectivity index (χ4n) is 3.90. The van der Waals surface area contributed by atoms with E-state index in [4.69, 9.17) is 0 Å². The summed E-state index contributed by atoms with van der Waals surface area (Å²) in [5.41, 5.74) is 3.13. The van der Waals surface area contributed by atoms with E-state index in [1.54, 1.807) is 0 Å². The minimum atomic E-state index is -0.468. The molecular weight excluding hydrogens is 278 g/mol. The summed E-state index contributed by atoms with van der Waals surface area (Å²) in [4.78, 5) is 0. The monoisotopic (exact) mass is 295 g/mol. The Hall–Kier alpha value is -2.85. The van der Waals surface area contributed by atoms with Gasteiger partial charge in [0.25, 0.3) is 0 Å². The standard InChI is InChI=1S/C22H17N/c23-16-22(19-14-8-3-9-15-19)20(17-10-4-1-5-11-17)21(22)18-12-6-2-7-13-18/h1-15,20-21H/t20-,21+,22?. The third-order valence-electron chi connectivity index (χ3n) is 4.96. The fraction of sp³-hybridized carbons (Fsp3) is 0.136. The molecule has 0 amide bonds. The highest BCUT2D eigenvalue weighted by atomic mass is 14.7. The fourth-order valence-corrected chi connectivity index (χ4v) is 3.90. The average molecular weight is 295 g/mol. The van der Waals surface area contributed by atoms with Gasteiger partial charge >= 0.3 is 0 Å². The minimum absolute atomic E-state index is 0.207. The summed E-state index contributed by atoms with van der Waals surface area (Å²) in [5, 5.41) is 10.1. The third-order valence-corrected chi connectivity index (χ3v) is 4.96.